The highest BCUT2D eigenvalue weighted by Crippen LogP contribution is 2.30. The largest absolute Gasteiger partial charge is 0.416 e. The third kappa shape index (κ3) is 5.42. The summed E-state index contributed by atoms with van der Waals surface area (Å²) in [7, 11) is 3.97. The van der Waals surface area contributed by atoms with Gasteiger partial charge >= 0.3 is 6.18 Å². The third-order valence-electron chi connectivity index (χ3n) is 6.33. The van der Waals surface area contributed by atoms with Gasteiger partial charge in [-0.15, -0.1) is 0 Å². The van der Waals surface area contributed by atoms with Crippen LogP contribution in [0.4, 0.5) is 18.9 Å². The molecule has 178 valence electrons. The molecule has 0 saturated carbocycles. The Hall–Kier alpha value is -3.32. The molecule has 4 rings (SSSR count). The molecule has 1 unspecified atom stereocenters. The molecule has 0 aromatic heterocycles. The molecule has 1 aliphatic rings. The van der Waals surface area contributed by atoms with E-state index in [0.29, 0.717) is 6.54 Å². The molecule has 0 aliphatic carbocycles. The molecular formula is C27H28F3N3O. The zero-order valence-electron chi connectivity index (χ0n) is 19.3. The molecule has 34 heavy (non-hydrogen) atoms. The van der Waals surface area contributed by atoms with Gasteiger partial charge in [0, 0.05) is 45.0 Å². The lowest BCUT2D eigenvalue weighted by Gasteiger charge is -2.36. The Kier molecular flexibility index (Phi) is 6.93. The van der Waals surface area contributed by atoms with Gasteiger partial charge in [0.1, 0.15) is 0 Å². The Bertz CT molecular complexity index is 1130. The monoisotopic (exact) mass is 467 g/mol. The molecule has 0 saturated heterocycles. The Morgan fingerprint density at radius 1 is 0.971 bits per heavy atom. The van der Waals surface area contributed by atoms with Gasteiger partial charge in [-0.1, -0.05) is 36.4 Å². The standard InChI is InChI=1S/C27H28F3N3O/c1-32(2)24-13-9-20(10-14-24)25(33-16-15-19-5-3-4-6-22(19)18-33)17-31-26(34)21-7-11-23(12-8-21)27(28,29)30/h3-14,25H,15-18H2,1-2H3,(H,31,34). The number of fused-ring (bicyclic) bond motifs is 1. The van der Waals surface area contributed by atoms with Crippen molar-refractivity contribution in [1.29, 1.82) is 0 Å². The molecule has 0 spiro atoms. The number of halogens is 3. The summed E-state index contributed by atoms with van der Waals surface area (Å²) in [6.07, 6.45) is -3.50. The summed E-state index contributed by atoms with van der Waals surface area (Å²) in [5, 5.41) is 2.94. The van der Waals surface area contributed by atoms with Gasteiger partial charge in [0.2, 0.25) is 0 Å². The zero-order chi connectivity index (χ0) is 24.3. The number of nitrogens with zero attached hydrogens (tertiary/aromatic N) is 2. The Labute approximate surface area is 198 Å². The summed E-state index contributed by atoms with van der Waals surface area (Å²) in [6.45, 7) is 1.98. The maximum atomic E-state index is 12.8. The number of hydrogen-bond donors (Lipinski definition) is 1. The topological polar surface area (TPSA) is 35.6 Å². The van der Waals surface area contributed by atoms with E-state index in [2.05, 4.69) is 52.7 Å². The number of nitrogens with one attached hydrogen (secondary N) is 1. The lowest BCUT2D eigenvalue weighted by Crippen LogP contribution is -2.40. The smallest absolute Gasteiger partial charge is 0.378 e. The van der Waals surface area contributed by atoms with Crippen LogP contribution in [0.1, 0.15) is 38.7 Å². The highest BCUT2D eigenvalue weighted by Gasteiger charge is 2.30. The fourth-order valence-electron chi connectivity index (χ4n) is 4.34. The van der Waals surface area contributed by atoms with Crippen molar-refractivity contribution in [2.75, 3.05) is 32.1 Å². The molecule has 4 nitrogen and oxygen atoms in total. The van der Waals surface area contributed by atoms with Crippen molar-refractivity contribution >= 4 is 11.6 Å². The first-order valence-corrected chi connectivity index (χ1v) is 11.3. The van der Waals surface area contributed by atoms with Crippen LogP contribution >= 0.6 is 0 Å². The number of anilines is 1. The van der Waals surface area contributed by atoms with Gasteiger partial charge in [-0.05, 0) is 59.5 Å². The van der Waals surface area contributed by atoms with Crippen molar-refractivity contribution in [3.8, 4) is 0 Å². The van der Waals surface area contributed by atoms with Crippen molar-refractivity contribution in [1.82, 2.24) is 10.2 Å². The minimum atomic E-state index is -4.43. The Morgan fingerprint density at radius 2 is 1.62 bits per heavy atom. The second-order valence-electron chi connectivity index (χ2n) is 8.78. The van der Waals surface area contributed by atoms with Crippen molar-refractivity contribution in [2.24, 2.45) is 0 Å². The van der Waals surface area contributed by atoms with Gasteiger partial charge in [0.05, 0.1) is 11.6 Å². The van der Waals surface area contributed by atoms with Crippen LogP contribution in [0.25, 0.3) is 0 Å². The van der Waals surface area contributed by atoms with E-state index in [1.807, 2.05) is 25.1 Å². The fourth-order valence-corrected chi connectivity index (χ4v) is 4.34. The second kappa shape index (κ2) is 9.89. The van der Waals surface area contributed by atoms with Crippen LogP contribution in [0.2, 0.25) is 0 Å². The fraction of sp³-hybridized carbons (Fsp3) is 0.296. The predicted molar refractivity (Wildman–Crippen MR) is 128 cm³/mol. The molecule has 0 radical (unpaired) electrons. The van der Waals surface area contributed by atoms with E-state index >= 15 is 0 Å². The first-order valence-electron chi connectivity index (χ1n) is 11.3. The highest BCUT2D eigenvalue weighted by atomic mass is 19.4. The molecule has 1 heterocycles. The SMILES string of the molecule is CN(C)c1ccc(C(CNC(=O)c2ccc(C(F)(F)F)cc2)N2CCc3ccccc3C2)cc1. The summed E-state index contributed by atoms with van der Waals surface area (Å²) in [4.78, 5) is 17.1. The number of carbonyl (C=O) groups excluding carboxylic acids is 1. The van der Waals surface area contributed by atoms with E-state index in [9.17, 15) is 18.0 Å². The van der Waals surface area contributed by atoms with E-state index in [1.165, 1.54) is 23.3 Å². The van der Waals surface area contributed by atoms with Crippen molar-refractivity contribution in [2.45, 2.75) is 25.2 Å². The molecule has 0 fully saturated rings. The van der Waals surface area contributed by atoms with Gasteiger partial charge in [0.15, 0.2) is 0 Å². The van der Waals surface area contributed by atoms with Gasteiger partial charge < -0.3 is 10.2 Å². The first kappa shape index (κ1) is 23.8. The lowest BCUT2D eigenvalue weighted by atomic mass is 9.96. The quantitative estimate of drug-likeness (QED) is 0.534. The summed E-state index contributed by atoms with van der Waals surface area (Å²) in [5.74, 6) is -0.388. The maximum absolute atomic E-state index is 12.8. The molecule has 3 aromatic carbocycles. The predicted octanol–water partition coefficient (Wildman–Crippen LogP) is 5.30. The van der Waals surface area contributed by atoms with Crippen LogP contribution in [-0.2, 0) is 19.1 Å². The number of benzene rings is 3. The molecular weight excluding hydrogens is 439 g/mol. The third-order valence-corrected chi connectivity index (χ3v) is 6.33. The average molecular weight is 468 g/mol. The number of amides is 1. The molecule has 3 aromatic rings. The van der Waals surface area contributed by atoms with Crippen molar-refractivity contribution in [3.63, 3.8) is 0 Å². The van der Waals surface area contributed by atoms with Gasteiger partial charge in [0.25, 0.3) is 5.91 Å². The maximum Gasteiger partial charge on any atom is 0.416 e. The highest BCUT2D eigenvalue weighted by molar-refractivity contribution is 5.94. The van der Waals surface area contributed by atoms with Gasteiger partial charge in [-0.25, -0.2) is 0 Å². The van der Waals surface area contributed by atoms with Crippen LogP contribution in [0.5, 0.6) is 0 Å². The summed E-state index contributed by atoms with van der Waals surface area (Å²) in [5.41, 5.74) is 4.22. The molecule has 7 heteroatoms. The van der Waals surface area contributed by atoms with Crippen LogP contribution in [0, 0.1) is 0 Å². The molecule has 0 bridgehead atoms. The van der Waals surface area contributed by atoms with Gasteiger partial charge in [-0.2, -0.15) is 13.2 Å². The second-order valence-corrected chi connectivity index (χ2v) is 8.78. The molecule has 1 atom stereocenters. The number of rotatable bonds is 6. The number of alkyl halides is 3. The number of hydrogen-bond acceptors (Lipinski definition) is 3. The van der Waals surface area contributed by atoms with E-state index in [0.717, 1.165) is 42.9 Å². The van der Waals surface area contributed by atoms with E-state index in [1.54, 1.807) is 0 Å². The summed E-state index contributed by atoms with van der Waals surface area (Å²) < 4.78 is 38.5. The molecule has 1 aliphatic heterocycles. The van der Waals surface area contributed by atoms with Crippen LogP contribution in [0.3, 0.4) is 0 Å². The van der Waals surface area contributed by atoms with E-state index in [4.69, 9.17) is 0 Å². The Morgan fingerprint density at radius 3 is 2.24 bits per heavy atom. The van der Waals surface area contributed by atoms with Crippen molar-refractivity contribution in [3.05, 3.63) is 101 Å². The Balaban J connectivity index is 1.53. The van der Waals surface area contributed by atoms with Crippen LogP contribution < -0.4 is 10.2 Å². The van der Waals surface area contributed by atoms with Crippen LogP contribution in [0.15, 0.2) is 72.8 Å². The van der Waals surface area contributed by atoms with Gasteiger partial charge in [-0.3, -0.25) is 9.69 Å². The number of carbonyl (C=O) groups is 1. The minimum absolute atomic E-state index is 0.0667. The lowest BCUT2D eigenvalue weighted by molar-refractivity contribution is -0.137. The summed E-state index contributed by atoms with van der Waals surface area (Å²) in [6, 6.07) is 20.9. The molecule has 1 N–H and O–H groups in total. The van der Waals surface area contributed by atoms with Crippen molar-refractivity contribution < 1.29 is 18.0 Å². The van der Waals surface area contributed by atoms with E-state index < -0.39 is 11.7 Å². The minimum Gasteiger partial charge on any atom is -0.378 e. The van der Waals surface area contributed by atoms with Crippen LogP contribution in [-0.4, -0.2) is 38.0 Å². The first-order chi connectivity index (χ1) is 16.2. The summed E-state index contributed by atoms with van der Waals surface area (Å²) >= 11 is 0. The normalized spacial score (nSPS) is 14.9. The average Bonchev–Trinajstić information content (AvgIpc) is 2.84. The van der Waals surface area contributed by atoms with E-state index in [-0.39, 0.29) is 17.5 Å². The zero-order valence-corrected chi connectivity index (χ0v) is 19.3. The molecule has 1 amide bonds.